The highest BCUT2D eigenvalue weighted by molar-refractivity contribution is 6.00. The maximum atomic E-state index is 13.9. The molecule has 4 N–H and O–H groups in total. The molecule has 2 atom stereocenters. The van der Waals surface area contributed by atoms with Crippen LogP contribution in [0, 0.1) is 0 Å². The van der Waals surface area contributed by atoms with Gasteiger partial charge in [-0.05, 0) is 69.2 Å². The molecule has 2 aromatic carbocycles. The number of carbonyl (C=O) groups is 3. The van der Waals surface area contributed by atoms with Gasteiger partial charge in [0.15, 0.2) is 0 Å². The summed E-state index contributed by atoms with van der Waals surface area (Å²) in [6.45, 7) is 3.09. The van der Waals surface area contributed by atoms with Gasteiger partial charge in [0.05, 0.1) is 18.7 Å². The van der Waals surface area contributed by atoms with E-state index in [1.165, 1.54) is 25.7 Å². The number of aliphatic hydroxyl groups is 1. The molecule has 0 aromatic heterocycles. The number of nitrogens with one attached hydrogen (secondary N) is 3. The van der Waals surface area contributed by atoms with E-state index in [4.69, 9.17) is 0 Å². The van der Waals surface area contributed by atoms with Crippen molar-refractivity contribution >= 4 is 29.2 Å². The molecule has 5 rings (SSSR count). The molecule has 2 aromatic rings. The number of aliphatic hydroxyl groups excluding tert-OH is 1. The summed E-state index contributed by atoms with van der Waals surface area (Å²) in [6.07, 6.45) is 11.9. The number of nitrogens with zero attached hydrogens (tertiary/aromatic N) is 2. The first-order valence-electron chi connectivity index (χ1n) is 17.2. The Hall–Kier alpha value is -3.59. The Morgan fingerprint density at radius 3 is 2.27 bits per heavy atom. The summed E-state index contributed by atoms with van der Waals surface area (Å²) in [5.74, 6) is -0.246. The number of urea groups is 1. The van der Waals surface area contributed by atoms with Gasteiger partial charge >= 0.3 is 6.03 Å². The van der Waals surface area contributed by atoms with Crippen LogP contribution < -0.4 is 20.9 Å². The number of anilines is 2. The average molecular weight is 618 g/mol. The van der Waals surface area contributed by atoms with Crippen molar-refractivity contribution in [3.63, 3.8) is 0 Å². The lowest BCUT2D eigenvalue weighted by Crippen LogP contribution is -2.53. The second-order valence-corrected chi connectivity index (χ2v) is 13.1. The molecule has 0 bridgehead atoms. The second kappa shape index (κ2) is 16.1. The molecule has 0 unspecified atom stereocenters. The molecule has 9 nitrogen and oxygen atoms in total. The van der Waals surface area contributed by atoms with Gasteiger partial charge in [-0.3, -0.25) is 9.59 Å². The molecule has 45 heavy (non-hydrogen) atoms. The maximum Gasteiger partial charge on any atom is 0.317 e. The molecule has 2 aliphatic carbocycles. The third-order valence-electron chi connectivity index (χ3n) is 9.63. The Balaban J connectivity index is 1.34. The molecule has 0 radical (unpaired) electrons. The lowest BCUT2D eigenvalue weighted by atomic mass is 9.95. The predicted molar refractivity (Wildman–Crippen MR) is 179 cm³/mol. The van der Waals surface area contributed by atoms with Gasteiger partial charge in [0.2, 0.25) is 5.91 Å². The quantitative estimate of drug-likeness (QED) is 0.247. The van der Waals surface area contributed by atoms with E-state index in [1.54, 1.807) is 15.9 Å². The maximum absolute atomic E-state index is 13.9. The first-order chi connectivity index (χ1) is 21.9. The van der Waals surface area contributed by atoms with E-state index in [9.17, 15) is 19.5 Å². The normalized spacial score (nSPS) is 19.2. The van der Waals surface area contributed by atoms with Gasteiger partial charge in [0.1, 0.15) is 0 Å². The van der Waals surface area contributed by atoms with Crippen LogP contribution in [0.4, 0.5) is 16.2 Å². The fourth-order valence-electron chi connectivity index (χ4n) is 7.01. The van der Waals surface area contributed by atoms with Crippen molar-refractivity contribution in [3.05, 3.63) is 59.7 Å². The van der Waals surface area contributed by atoms with E-state index < -0.39 is 12.1 Å². The highest BCUT2D eigenvalue weighted by Gasteiger charge is 2.29. The first-order valence-corrected chi connectivity index (χ1v) is 17.2. The molecule has 244 valence electrons. The molecule has 1 heterocycles. The van der Waals surface area contributed by atoms with Crippen LogP contribution in [0.25, 0.3) is 0 Å². The Kier molecular flexibility index (Phi) is 11.7. The zero-order valence-electron chi connectivity index (χ0n) is 26.8. The van der Waals surface area contributed by atoms with Crippen molar-refractivity contribution in [2.75, 3.05) is 29.9 Å². The number of hydrogen-bond donors (Lipinski definition) is 4. The number of hydrogen-bond acceptors (Lipinski definition) is 5. The standard InChI is InChI=1S/C36H51N5O4/c1-2-40(36(45)38-29-17-10-5-11-18-29)25-33(42)32(21-26-13-6-3-7-14-26)39-35(44)27-22-30(37-28-15-8-4-9-16-28)24-31(23-27)41-20-12-19-34(41)43/h3,6-7,13-14,22-24,28-29,32-33,37,42H,2,4-5,8-12,15-21,25H2,1H3,(H,38,45)(H,39,44)/t32-,33-/m0/s1. The van der Waals surface area contributed by atoms with Crippen molar-refractivity contribution in [1.82, 2.24) is 15.5 Å². The summed E-state index contributed by atoms with van der Waals surface area (Å²) in [7, 11) is 0. The SMILES string of the molecule is CCN(C[C@H](O)[C@H](Cc1ccccc1)NC(=O)c1cc(NC2CCCCC2)cc(N2CCCC2=O)c1)C(=O)NC1CCCCC1. The Bertz CT molecular complexity index is 1280. The zero-order valence-corrected chi connectivity index (χ0v) is 26.8. The van der Waals surface area contributed by atoms with Crippen LogP contribution in [0.2, 0.25) is 0 Å². The number of rotatable bonds is 12. The minimum atomic E-state index is -0.991. The van der Waals surface area contributed by atoms with Crippen LogP contribution in [0.15, 0.2) is 48.5 Å². The van der Waals surface area contributed by atoms with Gasteiger partial charge in [-0.25, -0.2) is 4.79 Å². The summed E-state index contributed by atoms with van der Waals surface area (Å²) in [6, 6.07) is 15.1. The van der Waals surface area contributed by atoms with Crippen LogP contribution >= 0.6 is 0 Å². The lowest BCUT2D eigenvalue weighted by molar-refractivity contribution is -0.117. The number of benzene rings is 2. The van der Waals surface area contributed by atoms with Crippen molar-refractivity contribution in [1.29, 1.82) is 0 Å². The summed E-state index contributed by atoms with van der Waals surface area (Å²) in [5, 5.41) is 21.5. The number of carbonyl (C=O) groups excluding carboxylic acids is 3. The molecule has 3 aliphatic rings. The zero-order chi connectivity index (χ0) is 31.6. The van der Waals surface area contributed by atoms with Crippen molar-refractivity contribution < 1.29 is 19.5 Å². The Morgan fingerprint density at radius 2 is 1.62 bits per heavy atom. The highest BCUT2D eigenvalue weighted by Crippen LogP contribution is 2.29. The van der Waals surface area contributed by atoms with Crippen molar-refractivity contribution in [3.8, 4) is 0 Å². The van der Waals surface area contributed by atoms with Crippen LogP contribution in [-0.2, 0) is 11.2 Å². The topological polar surface area (TPSA) is 114 Å². The lowest BCUT2D eigenvalue weighted by Gasteiger charge is -2.32. The van der Waals surface area contributed by atoms with E-state index in [1.807, 2.05) is 49.4 Å². The van der Waals surface area contributed by atoms with Crippen molar-refractivity contribution in [2.45, 2.75) is 115 Å². The summed E-state index contributed by atoms with van der Waals surface area (Å²) in [5.41, 5.74) is 2.98. The van der Waals surface area contributed by atoms with Crippen LogP contribution in [-0.4, -0.2) is 71.7 Å². The number of amides is 4. The molecule has 1 aliphatic heterocycles. The fourth-order valence-corrected chi connectivity index (χ4v) is 7.01. The molecule has 4 amide bonds. The van der Waals surface area contributed by atoms with Gasteiger partial charge in [-0.15, -0.1) is 0 Å². The van der Waals surface area contributed by atoms with Gasteiger partial charge in [0, 0.05) is 48.5 Å². The average Bonchev–Trinajstić information content (AvgIpc) is 3.50. The summed E-state index contributed by atoms with van der Waals surface area (Å²) in [4.78, 5) is 43.2. The third kappa shape index (κ3) is 9.22. The van der Waals surface area contributed by atoms with Crippen LogP contribution in [0.5, 0.6) is 0 Å². The summed E-state index contributed by atoms with van der Waals surface area (Å²) >= 11 is 0. The Labute approximate surface area is 268 Å². The Morgan fingerprint density at radius 1 is 0.933 bits per heavy atom. The second-order valence-electron chi connectivity index (χ2n) is 13.1. The molecule has 2 saturated carbocycles. The van der Waals surface area contributed by atoms with Crippen LogP contribution in [0.3, 0.4) is 0 Å². The monoisotopic (exact) mass is 617 g/mol. The molecule has 9 heteroatoms. The van der Waals surface area contributed by atoms with E-state index >= 15 is 0 Å². The molecule has 1 saturated heterocycles. The van der Waals surface area contributed by atoms with E-state index in [0.29, 0.717) is 37.5 Å². The fraction of sp³-hybridized carbons (Fsp3) is 0.583. The van der Waals surface area contributed by atoms with Crippen LogP contribution in [0.1, 0.15) is 99.9 Å². The molecular weight excluding hydrogens is 566 g/mol. The predicted octanol–water partition coefficient (Wildman–Crippen LogP) is 5.62. The third-order valence-corrected chi connectivity index (χ3v) is 9.63. The largest absolute Gasteiger partial charge is 0.389 e. The highest BCUT2D eigenvalue weighted by atomic mass is 16.3. The molecular formula is C36H51N5O4. The molecule has 0 spiro atoms. The van der Waals surface area contributed by atoms with Gasteiger partial charge in [0.25, 0.3) is 5.91 Å². The van der Waals surface area contributed by atoms with E-state index in [-0.39, 0.29) is 30.4 Å². The van der Waals surface area contributed by atoms with E-state index in [0.717, 1.165) is 61.9 Å². The first kappa shape index (κ1) is 32.8. The van der Waals surface area contributed by atoms with Gasteiger partial charge < -0.3 is 30.9 Å². The smallest absolute Gasteiger partial charge is 0.317 e. The van der Waals surface area contributed by atoms with Gasteiger partial charge in [-0.1, -0.05) is 68.9 Å². The summed E-state index contributed by atoms with van der Waals surface area (Å²) < 4.78 is 0. The number of likely N-dealkylation sites (N-methyl/N-ethyl adjacent to an activating group) is 1. The van der Waals surface area contributed by atoms with Gasteiger partial charge in [-0.2, -0.15) is 0 Å². The van der Waals surface area contributed by atoms with E-state index in [2.05, 4.69) is 16.0 Å². The van der Waals surface area contributed by atoms with Crippen molar-refractivity contribution in [2.24, 2.45) is 0 Å². The minimum absolute atomic E-state index is 0.0692. The molecule has 3 fully saturated rings. The minimum Gasteiger partial charge on any atom is -0.389 e.